The molecule has 21 heavy (non-hydrogen) atoms. The highest BCUT2D eigenvalue weighted by Crippen LogP contribution is 2.15. The summed E-state index contributed by atoms with van der Waals surface area (Å²) in [7, 11) is 0. The lowest BCUT2D eigenvalue weighted by molar-refractivity contribution is 0.0952. The molecule has 0 aliphatic heterocycles. The molecule has 1 unspecified atom stereocenters. The molecule has 110 valence electrons. The maximum atomic E-state index is 13.2. The van der Waals surface area contributed by atoms with Gasteiger partial charge in [0.25, 0.3) is 5.91 Å². The highest BCUT2D eigenvalue weighted by atomic mass is 79.9. The minimum absolute atomic E-state index is 0.134. The lowest BCUT2D eigenvalue weighted by atomic mass is 10.1. The largest absolute Gasteiger partial charge is 0.352 e. The molecular weight excluding hydrogens is 335 g/mol. The molecule has 1 atom stereocenters. The zero-order valence-electron chi connectivity index (χ0n) is 11.4. The van der Waals surface area contributed by atoms with Crippen molar-refractivity contribution in [2.75, 3.05) is 6.54 Å². The van der Waals surface area contributed by atoms with E-state index in [1.54, 1.807) is 6.07 Å². The van der Waals surface area contributed by atoms with Gasteiger partial charge in [-0.2, -0.15) is 0 Å². The summed E-state index contributed by atoms with van der Waals surface area (Å²) in [6.07, 6.45) is 0.617. The summed E-state index contributed by atoms with van der Waals surface area (Å²) in [5.41, 5.74) is 7.36. The molecule has 0 aliphatic rings. The molecule has 3 N–H and O–H groups in total. The highest BCUT2D eigenvalue weighted by molar-refractivity contribution is 9.10. The van der Waals surface area contributed by atoms with Gasteiger partial charge >= 0.3 is 0 Å². The molecule has 2 aromatic carbocycles. The van der Waals surface area contributed by atoms with Crippen molar-refractivity contribution in [1.82, 2.24) is 5.32 Å². The highest BCUT2D eigenvalue weighted by Gasteiger charge is 2.09. The van der Waals surface area contributed by atoms with Gasteiger partial charge < -0.3 is 11.1 Å². The average molecular weight is 351 g/mol. The van der Waals surface area contributed by atoms with Crippen LogP contribution in [-0.4, -0.2) is 12.5 Å². The number of amides is 1. The fourth-order valence-electron chi connectivity index (χ4n) is 2.00. The van der Waals surface area contributed by atoms with E-state index in [9.17, 15) is 9.18 Å². The molecule has 0 spiro atoms. The summed E-state index contributed by atoms with van der Waals surface area (Å²) in [5.74, 6) is -0.758. The maximum Gasteiger partial charge on any atom is 0.251 e. The maximum absolute atomic E-state index is 13.2. The summed E-state index contributed by atoms with van der Waals surface area (Å²) < 4.78 is 13.8. The Balaban J connectivity index is 1.87. The molecule has 2 aromatic rings. The number of rotatable bonds is 5. The van der Waals surface area contributed by atoms with E-state index in [0.29, 0.717) is 17.4 Å². The number of hydrogen-bond acceptors (Lipinski definition) is 2. The Hall–Kier alpha value is -1.72. The van der Waals surface area contributed by atoms with E-state index >= 15 is 0 Å². The third-order valence-electron chi connectivity index (χ3n) is 3.09. The molecule has 5 heteroatoms. The van der Waals surface area contributed by atoms with Gasteiger partial charge in [0.1, 0.15) is 5.82 Å². The topological polar surface area (TPSA) is 55.1 Å². The van der Waals surface area contributed by atoms with Crippen LogP contribution in [0, 0.1) is 5.82 Å². The van der Waals surface area contributed by atoms with Crippen LogP contribution in [0.15, 0.2) is 53.0 Å². The van der Waals surface area contributed by atoms with Gasteiger partial charge in [-0.1, -0.05) is 46.3 Å². The summed E-state index contributed by atoms with van der Waals surface area (Å²) in [5, 5.41) is 2.75. The molecule has 1 amide bonds. The molecule has 3 nitrogen and oxygen atoms in total. The molecule has 0 saturated carbocycles. The standard InChI is InChI=1S/C16H16BrFN2O/c17-13-8-12(9-14(18)10-13)16(21)20-7-6-15(19)11-4-2-1-3-5-11/h1-5,8-10,15H,6-7,19H2,(H,20,21). The van der Waals surface area contributed by atoms with Crippen LogP contribution in [-0.2, 0) is 0 Å². The molecule has 0 aliphatic carbocycles. The van der Waals surface area contributed by atoms with E-state index in [4.69, 9.17) is 5.73 Å². The monoisotopic (exact) mass is 350 g/mol. The Morgan fingerprint density at radius 3 is 2.62 bits per heavy atom. The van der Waals surface area contributed by atoms with Gasteiger partial charge in [-0.05, 0) is 30.2 Å². The first-order chi connectivity index (χ1) is 10.1. The molecule has 2 rings (SSSR count). The normalized spacial score (nSPS) is 12.0. The fraction of sp³-hybridized carbons (Fsp3) is 0.188. The third-order valence-corrected chi connectivity index (χ3v) is 3.55. The van der Waals surface area contributed by atoms with Gasteiger partial charge in [0.15, 0.2) is 0 Å². The third kappa shape index (κ3) is 4.65. The first-order valence-corrected chi connectivity index (χ1v) is 7.40. The zero-order chi connectivity index (χ0) is 15.2. The Morgan fingerprint density at radius 1 is 1.24 bits per heavy atom. The summed E-state index contributed by atoms with van der Waals surface area (Å²) in [6.45, 7) is 0.434. The van der Waals surface area contributed by atoms with Gasteiger partial charge in [0.05, 0.1) is 0 Å². The van der Waals surface area contributed by atoms with E-state index < -0.39 is 5.82 Å². The number of hydrogen-bond donors (Lipinski definition) is 2. The molecule has 0 radical (unpaired) electrons. The first kappa shape index (κ1) is 15.7. The molecule has 0 fully saturated rings. The van der Waals surface area contributed by atoms with Gasteiger partial charge in [0.2, 0.25) is 0 Å². The van der Waals surface area contributed by atoms with E-state index in [1.807, 2.05) is 30.3 Å². The molecular formula is C16H16BrFN2O. The summed E-state index contributed by atoms with van der Waals surface area (Å²) in [4.78, 5) is 11.9. The predicted octanol–water partition coefficient (Wildman–Crippen LogP) is 3.41. The number of carbonyl (C=O) groups excluding carboxylic acids is 1. The van der Waals surface area contributed by atoms with E-state index in [2.05, 4.69) is 21.2 Å². The minimum atomic E-state index is -0.449. The zero-order valence-corrected chi connectivity index (χ0v) is 12.9. The van der Waals surface area contributed by atoms with Crippen LogP contribution in [0.1, 0.15) is 28.4 Å². The number of benzene rings is 2. The summed E-state index contributed by atoms with van der Waals surface area (Å²) in [6, 6.07) is 13.7. The van der Waals surface area contributed by atoms with E-state index in [0.717, 1.165) is 5.56 Å². The van der Waals surface area contributed by atoms with Gasteiger partial charge in [-0.15, -0.1) is 0 Å². The summed E-state index contributed by atoms with van der Waals surface area (Å²) >= 11 is 3.16. The quantitative estimate of drug-likeness (QED) is 0.868. The number of nitrogens with two attached hydrogens (primary N) is 1. The van der Waals surface area contributed by atoms with Crippen molar-refractivity contribution in [3.8, 4) is 0 Å². The Morgan fingerprint density at radius 2 is 1.95 bits per heavy atom. The number of halogens is 2. The van der Waals surface area contributed by atoms with Crippen LogP contribution in [0.4, 0.5) is 4.39 Å². The molecule has 0 heterocycles. The van der Waals surface area contributed by atoms with Gasteiger partial charge in [0, 0.05) is 22.6 Å². The van der Waals surface area contributed by atoms with Crippen molar-refractivity contribution in [1.29, 1.82) is 0 Å². The van der Waals surface area contributed by atoms with Crippen molar-refractivity contribution in [2.45, 2.75) is 12.5 Å². The van der Waals surface area contributed by atoms with Crippen molar-refractivity contribution in [3.05, 3.63) is 69.9 Å². The van der Waals surface area contributed by atoms with Crippen LogP contribution in [0.5, 0.6) is 0 Å². The minimum Gasteiger partial charge on any atom is -0.352 e. The van der Waals surface area contributed by atoms with Crippen LogP contribution < -0.4 is 11.1 Å². The average Bonchev–Trinajstić information content (AvgIpc) is 2.47. The van der Waals surface area contributed by atoms with Crippen LogP contribution >= 0.6 is 15.9 Å². The van der Waals surface area contributed by atoms with Crippen molar-refractivity contribution in [3.63, 3.8) is 0 Å². The van der Waals surface area contributed by atoms with Crippen LogP contribution in [0.25, 0.3) is 0 Å². The SMILES string of the molecule is NC(CCNC(=O)c1cc(F)cc(Br)c1)c1ccccc1. The van der Waals surface area contributed by atoms with E-state index in [1.165, 1.54) is 12.1 Å². The smallest absolute Gasteiger partial charge is 0.251 e. The van der Waals surface area contributed by atoms with Gasteiger partial charge in [-0.25, -0.2) is 4.39 Å². The van der Waals surface area contributed by atoms with Crippen LogP contribution in [0.2, 0.25) is 0 Å². The lowest BCUT2D eigenvalue weighted by Gasteiger charge is -2.12. The first-order valence-electron chi connectivity index (χ1n) is 6.61. The Kier molecular flexibility index (Phi) is 5.47. The lowest BCUT2D eigenvalue weighted by Crippen LogP contribution is -2.27. The molecule has 0 bridgehead atoms. The number of nitrogens with one attached hydrogen (secondary N) is 1. The van der Waals surface area contributed by atoms with Crippen molar-refractivity contribution in [2.24, 2.45) is 5.73 Å². The van der Waals surface area contributed by atoms with Crippen LogP contribution in [0.3, 0.4) is 0 Å². The Bertz CT molecular complexity index is 599. The molecule has 0 saturated heterocycles. The van der Waals surface area contributed by atoms with Crippen molar-refractivity contribution < 1.29 is 9.18 Å². The second-order valence-electron chi connectivity index (χ2n) is 4.72. The Labute approximate surface area is 131 Å². The second kappa shape index (κ2) is 7.33. The predicted molar refractivity (Wildman–Crippen MR) is 84.4 cm³/mol. The van der Waals surface area contributed by atoms with E-state index in [-0.39, 0.29) is 17.5 Å². The number of carbonyl (C=O) groups is 1. The second-order valence-corrected chi connectivity index (χ2v) is 5.64. The van der Waals surface area contributed by atoms with Crippen molar-refractivity contribution >= 4 is 21.8 Å². The fourth-order valence-corrected chi connectivity index (χ4v) is 2.46. The molecule has 0 aromatic heterocycles. The van der Waals surface area contributed by atoms with Gasteiger partial charge in [-0.3, -0.25) is 4.79 Å².